The van der Waals surface area contributed by atoms with E-state index in [4.69, 9.17) is 4.42 Å². The number of hydrogen-bond donors (Lipinski definition) is 1. The fourth-order valence-corrected chi connectivity index (χ4v) is 6.14. The van der Waals surface area contributed by atoms with Crippen LogP contribution >= 0.6 is 34.4 Å². The zero-order chi connectivity index (χ0) is 22.8. The van der Waals surface area contributed by atoms with Crippen LogP contribution in [0.15, 0.2) is 56.2 Å². The Kier molecular flexibility index (Phi) is 6.25. The van der Waals surface area contributed by atoms with Crippen molar-refractivity contribution in [1.82, 2.24) is 19.6 Å². The van der Waals surface area contributed by atoms with Gasteiger partial charge in [-0.2, -0.15) is 9.61 Å². The van der Waals surface area contributed by atoms with Crippen LogP contribution in [0, 0.1) is 0 Å². The molecule has 1 aromatic carbocycles. The van der Waals surface area contributed by atoms with Gasteiger partial charge in [-0.1, -0.05) is 36.4 Å². The molecule has 168 valence electrons. The number of nitrogens with one attached hydrogen (secondary N) is 1. The molecule has 4 heterocycles. The van der Waals surface area contributed by atoms with Gasteiger partial charge in [-0.05, 0) is 36.8 Å². The van der Waals surface area contributed by atoms with Crippen molar-refractivity contribution in [3.05, 3.63) is 69.5 Å². The van der Waals surface area contributed by atoms with Crippen LogP contribution < -0.4 is 10.9 Å². The van der Waals surface area contributed by atoms with Gasteiger partial charge in [-0.3, -0.25) is 9.59 Å². The van der Waals surface area contributed by atoms with Crippen LogP contribution in [0.5, 0.6) is 0 Å². The van der Waals surface area contributed by atoms with Gasteiger partial charge < -0.3 is 9.73 Å². The third-order valence-electron chi connectivity index (χ3n) is 4.80. The van der Waals surface area contributed by atoms with Gasteiger partial charge in [-0.25, -0.2) is 9.97 Å². The molecule has 11 heteroatoms. The molecule has 0 aliphatic carbocycles. The number of fused-ring (bicyclic) bond motifs is 2. The number of thioether (sulfide) groups is 1. The Morgan fingerprint density at radius 1 is 1.21 bits per heavy atom. The summed E-state index contributed by atoms with van der Waals surface area (Å²) in [7, 11) is 0. The summed E-state index contributed by atoms with van der Waals surface area (Å²) in [5.74, 6) is 0.497. The van der Waals surface area contributed by atoms with E-state index in [0.29, 0.717) is 22.1 Å². The fraction of sp³-hybridized carbons (Fsp3) is 0.227. The molecule has 0 saturated heterocycles. The molecular formula is C22H19N5O3S3. The summed E-state index contributed by atoms with van der Waals surface area (Å²) >= 11 is 4.54. The van der Waals surface area contributed by atoms with Gasteiger partial charge in [0, 0.05) is 23.9 Å². The quantitative estimate of drug-likeness (QED) is 0.292. The Bertz CT molecular complexity index is 1490. The summed E-state index contributed by atoms with van der Waals surface area (Å²) in [5.41, 5.74) is 2.08. The molecule has 1 N–H and O–H groups in total. The van der Waals surface area contributed by atoms with Crippen molar-refractivity contribution in [1.29, 1.82) is 0 Å². The first-order valence-electron chi connectivity index (χ1n) is 10.4. The van der Waals surface area contributed by atoms with Gasteiger partial charge in [0.05, 0.1) is 22.2 Å². The molecule has 0 aliphatic rings. The average Bonchev–Trinajstić information content (AvgIpc) is 3.55. The van der Waals surface area contributed by atoms with E-state index in [0.717, 1.165) is 38.8 Å². The van der Waals surface area contributed by atoms with Gasteiger partial charge in [0.25, 0.3) is 11.5 Å². The van der Waals surface area contributed by atoms with E-state index in [1.807, 2.05) is 18.2 Å². The van der Waals surface area contributed by atoms with E-state index in [-0.39, 0.29) is 17.2 Å². The highest BCUT2D eigenvalue weighted by atomic mass is 32.2. The maximum Gasteiger partial charge on any atom is 0.291 e. The molecule has 33 heavy (non-hydrogen) atoms. The standard InChI is InChI=1S/C22H19N5O3S3/c1-2-3-6-18-26-27-19(28)11-14(24-21(27)33-18)12-31-22-25-15-8-7-13(10-17(15)32-22)23-20(29)16-5-4-9-30-16/h4-5,7-11H,2-3,6,12H2,1H3,(H,23,29). The number of thiazole rings is 1. The predicted molar refractivity (Wildman–Crippen MR) is 132 cm³/mol. The average molecular weight is 498 g/mol. The van der Waals surface area contributed by atoms with E-state index >= 15 is 0 Å². The minimum absolute atomic E-state index is 0.157. The minimum atomic E-state index is -0.299. The van der Waals surface area contributed by atoms with E-state index in [1.165, 1.54) is 45.2 Å². The highest BCUT2D eigenvalue weighted by molar-refractivity contribution is 8.00. The second-order valence-electron chi connectivity index (χ2n) is 7.26. The molecule has 0 fully saturated rings. The highest BCUT2D eigenvalue weighted by Gasteiger charge is 2.13. The topological polar surface area (TPSA) is 102 Å². The van der Waals surface area contributed by atoms with Gasteiger partial charge in [-0.15, -0.1) is 11.3 Å². The van der Waals surface area contributed by atoms with Crippen LogP contribution in [0.1, 0.15) is 41.0 Å². The number of aromatic nitrogens is 4. The number of hydrogen-bond acceptors (Lipinski definition) is 9. The Morgan fingerprint density at radius 3 is 2.94 bits per heavy atom. The van der Waals surface area contributed by atoms with E-state index in [9.17, 15) is 9.59 Å². The number of rotatable bonds is 8. The van der Waals surface area contributed by atoms with Gasteiger partial charge in [0.2, 0.25) is 4.96 Å². The van der Waals surface area contributed by atoms with Crippen molar-refractivity contribution in [2.24, 2.45) is 0 Å². The first kappa shape index (κ1) is 21.8. The van der Waals surface area contributed by atoms with Gasteiger partial charge >= 0.3 is 0 Å². The number of anilines is 1. The van der Waals surface area contributed by atoms with E-state index in [1.54, 1.807) is 18.2 Å². The van der Waals surface area contributed by atoms with Gasteiger partial charge in [0.15, 0.2) is 10.1 Å². The zero-order valence-corrected chi connectivity index (χ0v) is 20.1. The lowest BCUT2D eigenvalue weighted by atomic mass is 10.3. The SMILES string of the molecule is CCCCc1nn2c(=O)cc(CSc3nc4ccc(NC(=O)c5ccco5)cc4s3)nc2s1. The maximum absolute atomic E-state index is 12.5. The van der Waals surface area contributed by atoms with Crippen molar-refractivity contribution >= 4 is 61.2 Å². The van der Waals surface area contributed by atoms with Crippen molar-refractivity contribution in [2.75, 3.05) is 5.32 Å². The molecule has 0 radical (unpaired) electrons. The summed E-state index contributed by atoms with van der Waals surface area (Å²) in [4.78, 5) is 34.5. The Balaban J connectivity index is 1.29. The predicted octanol–water partition coefficient (Wildman–Crippen LogP) is 5.24. The Hall–Kier alpha value is -3.02. The molecule has 0 aliphatic heterocycles. The monoisotopic (exact) mass is 497 g/mol. The van der Waals surface area contributed by atoms with Crippen LogP contribution in [-0.2, 0) is 12.2 Å². The number of carbonyl (C=O) groups excluding carboxylic acids is 1. The number of unbranched alkanes of at least 4 members (excludes halogenated alkanes) is 1. The fourth-order valence-electron chi connectivity index (χ4n) is 3.18. The molecule has 0 saturated carbocycles. The second-order valence-corrected chi connectivity index (χ2v) is 10.6. The largest absolute Gasteiger partial charge is 0.459 e. The molecule has 0 bridgehead atoms. The van der Waals surface area contributed by atoms with Crippen LogP contribution in [0.2, 0.25) is 0 Å². The third kappa shape index (κ3) is 4.85. The first-order valence-corrected chi connectivity index (χ1v) is 13.0. The number of aryl methyl sites for hydroxylation is 1. The molecule has 5 rings (SSSR count). The lowest BCUT2D eigenvalue weighted by molar-refractivity contribution is 0.0996. The van der Waals surface area contributed by atoms with Crippen molar-refractivity contribution in [3.8, 4) is 0 Å². The lowest BCUT2D eigenvalue weighted by Crippen LogP contribution is -2.15. The molecule has 1 amide bonds. The lowest BCUT2D eigenvalue weighted by Gasteiger charge is -2.02. The Labute approximate surface area is 200 Å². The van der Waals surface area contributed by atoms with Crippen molar-refractivity contribution in [2.45, 2.75) is 36.3 Å². The van der Waals surface area contributed by atoms with E-state index < -0.39 is 0 Å². The van der Waals surface area contributed by atoms with Crippen LogP contribution in [-0.4, -0.2) is 25.5 Å². The van der Waals surface area contributed by atoms with Crippen molar-refractivity contribution in [3.63, 3.8) is 0 Å². The normalized spacial score (nSPS) is 11.4. The Morgan fingerprint density at radius 2 is 2.12 bits per heavy atom. The smallest absolute Gasteiger partial charge is 0.291 e. The van der Waals surface area contributed by atoms with E-state index in [2.05, 4.69) is 27.3 Å². The summed E-state index contributed by atoms with van der Waals surface area (Å²) in [6.45, 7) is 2.13. The third-order valence-corrected chi connectivity index (χ3v) is 7.96. The summed E-state index contributed by atoms with van der Waals surface area (Å²) in [5, 5.41) is 8.16. The maximum atomic E-state index is 12.5. The minimum Gasteiger partial charge on any atom is -0.459 e. The molecular weight excluding hydrogens is 478 g/mol. The van der Waals surface area contributed by atoms with Crippen molar-refractivity contribution < 1.29 is 9.21 Å². The molecule has 0 spiro atoms. The molecule has 0 atom stereocenters. The number of nitrogens with zero attached hydrogens (tertiary/aromatic N) is 4. The first-order chi connectivity index (χ1) is 16.1. The molecule has 8 nitrogen and oxygen atoms in total. The summed E-state index contributed by atoms with van der Waals surface area (Å²) in [6.07, 6.45) is 4.46. The van der Waals surface area contributed by atoms with Crippen LogP contribution in [0.4, 0.5) is 5.69 Å². The number of carbonyl (C=O) groups is 1. The number of benzene rings is 1. The number of amides is 1. The number of furan rings is 1. The zero-order valence-electron chi connectivity index (χ0n) is 17.6. The summed E-state index contributed by atoms with van der Waals surface area (Å²) < 4.78 is 8.35. The molecule has 0 unspecified atom stereocenters. The van der Waals surface area contributed by atoms with Crippen LogP contribution in [0.25, 0.3) is 15.2 Å². The summed E-state index contributed by atoms with van der Waals surface area (Å²) in [6, 6.07) is 10.4. The molecule has 4 aromatic heterocycles. The van der Waals surface area contributed by atoms with Crippen LogP contribution in [0.3, 0.4) is 0 Å². The second kappa shape index (κ2) is 9.46. The van der Waals surface area contributed by atoms with Gasteiger partial charge in [0.1, 0.15) is 5.01 Å². The molecule has 5 aromatic rings. The highest BCUT2D eigenvalue weighted by Crippen LogP contribution is 2.33.